The fraction of sp³-hybridized carbons (Fsp3) is 0.458. The van der Waals surface area contributed by atoms with Gasteiger partial charge in [-0.3, -0.25) is 14.6 Å². The van der Waals surface area contributed by atoms with E-state index in [1.54, 1.807) is 24.5 Å². The number of Topliss-reactive ketones (excluding diaryl/α,β-unsaturated/α-hetero) is 1. The third-order valence-electron chi connectivity index (χ3n) is 5.15. The number of rotatable bonds is 6. The molecule has 1 aliphatic rings. The van der Waals surface area contributed by atoms with Crippen LogP contribution in [0.3, 0.4) is 0 Å². The Morgan fingerprint density at radius 3 is 2.29 bits per heavy atom. The van der Waals surface area contributed by atoms with E-state index in [1.807, 2.05) is 50.1 Å². The summed E-state index contributed by atoms with van der Waals surface area (Å²) in [6, 6.07) is 10.9. The van der Waals surface area contributed by atoms with Gasteiger partial charge < -0.3 is 4.90 Å². The van der Waals surface area contributed by atoms with Crippen LogP contribution in [0, 0.1) is 5.92 Å². The highest BCUT2D eigenvalue weighted by Crippen LogP contribution is 2.24. The molecule has 1 aliphatic carbocycles. The molecule has 3 rings (SSSR count). The van der Waals surface area contributed by atoms with Crippen LogP contribution in [-0.4, -0.2) is 35.2 Å². The van der Waals surface area contributed by atoms with Crippen LogP contribution in [0.25, 0.3) is 0 Å². The van der Waals surface area contributed by atoms with Crippen molar-refractivity contribution in [2.45, 2.75) is 52.4 Å². The molecule has 1 heterocycles. The fourth-order valence-electron chi connectivity index (χ4n) is 3.64. The largest absolute Gasteiger partial charge is 0.341 e. The molecule has 1 aromatic heterocycles. The first kappa shape index (κ1) is 21.8. The fourth-order valence-corrected chi connectivity index (χ4v) is 3.64. The van der Waals surface area contributed by atoms with Crippen LogP contribution in [-0.2, 0) is 6.42 Å². The standard InChI is InChI=1S/C22H26N2O2.C2H6/c1-24(16-18-6-3-2-4-7-18)22(26)19-11-9-17(10-12-19)14-21(25)20-8-5-13-23-15-20;1-2/h5,8-13,15,18H,2-4,6-7,14,16H2,1H3;1-2H3. The Hall–Kier alpha value is -2.49. The summed E-state index contributed by atoms with van der Waals surface area (Å²) < 4.78 is 0. The average Bonchev–Trinajstić information content (AvgIpc) is 2.76. The van der Waals surface area contributed by atoms with E-state index in [2.05, 4.69) is 4.98 Å². The second kappa shape index (κ2) is 11.4. The van der Waals surface area contributed by atoms with Crippen LogP contribution in [0.5, 0.6) is 0 Å². The minimum Gasteiger partial charge on any atom is -0.341 e. The van der Waals surface area contributed by atoms with Crippen molar-refractivity contribution in [2.75, 3.05) is 13.6 Å². The maximum absolute atomic E-state index is 12.6. The third kappa shape index (κ3) is 6.29. The number of hydrogen-bond acceptors (Lipinski definition) is 3. The second-order valence-electron chi connectivity index (χ2n) is 7.23. The van der Waals surface area contributed by atoms with Crippen molar-refractivity contribution in [3.8, 4) is 0 Å². The number of pyridine rings is 1. The van der Waals surface area contributed by atoms with Gasteiger partial charge in [0.2, 0.25) is 0 Å². The molecular formula is C24H32N2O2. The summed E-state index contributed by atoms with van der Waals surface area (Å²) >= 11 is 0. The van der Waals surface area contributed by atoms with E-state index in [0.717, 1.165) is 12.1 Å². The smallest absolute Gasteiger partial charge is 0.253 e. The van der Waals surface area contributed by atoms with Crippen LogP contribution in [0.1, 0.15) is 72.2 Å². The molecule has 0 unspecified atom stereocenters. The summed E-state index contributed by atoms with van der Waals surface area (Å²) in [6.07, 6.45) is 9.91. The molecule has 1 aromatic carbocycles. The van der Waals surface area contributed by atoms with Crippen LogP contribution < -0.4 is 0 Å². The molecular weight excluding hydrogens is 348 g/mol. The number of carbonyl (C=O) groups excluding carboxylic acids is 2. The molecule has 0 aliphatic heterocycles. The Balaban J connectivity index is 0.00000136. The minimum absolute atomic E-state index is 0.0339. The van der Waals surface area contributed by atoms with Gasteiger partial charge in [-0.15, -0.1) is 0 Å². The molecule has 28 heavy (non-hydrogen) atoms. The molecule has 0 radical (unpaired) electrons. The van der Waals surface area contributed by atoms with E-state index >= 15 is 0 Å². The predicted molar refractivity (Wildman–Crippen MR) is 114 cm³/mol. The zero-order chi connectivity index (χ0) is 20.4. The van der Waals surface area contributed by atoms with E-state index in [1.165, 1.54) is 32.1 Å². The second-order valence-corrected chi connectivity index (χ2v) is 7.23. The van der Waals surface area contributed by atoms with Gasteiger partial charge in [0.25, 0.3) is 5.91 Å². The highest BCUT2D eigenvalue weighted by atomic mass is 16.2. The molecule has 2 aromatic rings. The highest BCUT2D eigenvalue weighted by molar-refractivity contribution is 5.97. The molecule has 1 saturated carbocycles. The first-order valence-corrected chi connectivity index (χ1v) is 10.4. The lowest BCUT2D eigenvalue weighted by Gasteiger charge is -2.27. The number of nitrogens with zero attached hydrogens (tertiary/aromatic N) is 2. The van der Waals surface area contributed by atoms with E-state index in [0.29, 0.717) is 23.5 Å². The van der Waals surface area contributed by atoms with Crippen molar-refractivity contribution < 1.29 is 9.59 Å². The first-order chi connectivity index (χ1) is 13.6. The zero-order valence-electron chi connectivity index (χ0n) is 17.4. The van der Waals surface area contributed by atoms with E-state index < -0.39 is 0 Å². The van der Waals surface area contributed by atoms with Gasteiger partial charge in [-0.25, -0.2) is 0 Å². The van der Waals surface area contributed by atoms with Gasteiger partial charge in [-0.05, 0) is 48.6 Å². The molecule has 0 N–H and O–H groups in total. The molecule has 150 valence electrons. The maximum Gasteiger partial charge on any atom is 0.253 e. The summed E-state index contributed by atoms with van der Waals surface area (Å²) in [4.78, 5) is 30.7. The number of ketones is 1. The molecule has 1 amide bonds. The zero-order valence-corrected chi connectivity index (χ0v) is 17.4. The summed E-state index contributed by atoms with van der Waals surface area (Å²) in [5, 5.41) is 0. The van der Waals surface area contributed by atoms with Crippen LogP contribution >= 0.6 is 0 Å². The van der Waals surface area contributed by atoms with Gasteiger partial charge in [0.1, 0.15) is 0 Å². The van der Waals surface area contributed by atoms with Crippen LogP contribution in [0.15, 0.2) is 48.8 Å². The number of amides is 1. The number of carbonyl (C=O) groups is 2. The lowest BCUT2D eigenvalue weighted by molar-refractivity contribution is 0.0760. The highest BCUT2D eigenvalue weighted by Gasteiger charge is 2.19. The van der Waals surface area contributed by atoms with Gasteiger partial charge in [0.15, 0.2) is 5.78 Å². The molecule has 0 atom stereocenters. The molecule has 0 bridgehead atoms. The Bertz CT molecular complexity index is 735. The quantitative estimate of drug-likeness (QED) is 0.648. The summed E-state index contributed by atoms with van der Waals surface area (Å²) in [7, 11) is 1.89. The maximum atomic E-state index is 12.6. The van der Waals surface area contributed by atoms with Crippen LogP contribution in [0.4, 0.5) is 0 Å². The lowest BCUT2D eigenvalue weighted by atomic mass is 9.89. The summed E-state index contributed by atoms with van der Waals surface area (Å²) in [5.41, 5.74) is 2.20. The van der Waals surface area contributed by atoms with E-state index in [-0.39, 0.29) is 11.7 Å². The molecule has 0 spiro atoms. The Labute approximate surface area is 169 Å². The van der Waals surface area contributed by atoms with Gasteiger partial charge in [-0.1, -0.05) is 45.2 Å². The molecule has 0 saturated heterocycles. The van der Waals surface area contributed by atoms with Crippen molar-refractivity contribution in [1.82, 2.24) is 9.88 Å². The van der Waals surface area contributed by atoms with Gasteiger partial charge in [0, 0.05) is 43.5 Å². The third-order valence-corrected chi connectivity index (χ3v) is 5.15. The topological polar surface area (TPSA) is 50.3 Å². The van der Waals surface area contributed by atoms with Crippen molar-refractivity contribution in [1.29, 1.82) is 0 Å². The monoisotopic (exact) mass is 380 g/mol. The normalized spacial score (nSPS) is 14.0. The van der Waals surface area contributed by atoms with Gasteiger partial charge >= 0.3 is 0 Å². The van der Waals surface area contributed by atoms with Crippen molar-refractivity contribution >= 4 is 11.7 Å². The Morgan fingerprint density at radius 2 is 1.68 bits per heavy atom. The lowest BCUT2D eigenvalue weighted by Crippen LogP contribution is -2.32. The Morgan fingerprint density at radius 1 is 1.00 bits per heavy atom. The minimum atomic E-state index is 0.0339. The summed E-state index contributed by atoms with van der Waals surface area (Å²) in [5.74, 6) is 0.723. The average molecular weight is 381 g/mol. The first-order valence-electron chi connectivity index (χ1n) is 10.4. The van der Waals surface area contributed by atoms with Crippen molar-refractivity contribution in [2.24, 2.45) is 5.92 Å². The summed E-state index contributed by atoms with van der Waals surface area (Å²) in [6.45, 7) is 4.83. The van der Waals surface area contributed by atoms with E-state index in [9.17, 15) is 9.59 Å². The number of hydrogen-bond donors (Lipinski definition) is 0. The SMILES string of the molecule is CC.CN(CC1CCCCC1)C(=O)c1ccc(CC(=O)c2cccnc2)cc1. The predicted octanol–water partition coefficient (Wildman–Crippen LogP) is 5.19. The number of aromatic nitrogens is 1. The van der Waals surface area contributed by atoms with Crippen molar-refractivity contribution in [3.05, 3.63) is 65.5 Å². The van der Waals surface area contributed by atoms with Crippen LogP contribution in [0.2, 0.25) is 0 Å². The molecule has 1 fully saturated rings. The Kier molecular flexibility index (Phi) is 8.86. The van der Waals surface area contributed by atoms with E-state index in [4.69, 9.17) is 0 Å². The van der Waals surface area contributed by atoms with Crippen molar-refractivity contribution in [3.63, 3.8) is 0 Å². The number of benzene rings is 1. The molecule has 4 heteroatoms. The molecule has 4 nitrogen and oxygen atoms in total. The van der Waals surface area contributed by atoms with Gasteiger partial charge in [0.05, 0.1) is 0 Å². The van der Waals surface area contributed by atoms with Gasteiger partial charge in [-0.2, -0.15) is 0 Å².